The number of fused-ring (bicyclic) bond motifs is 1. The summed E-state index contributed by atoms with van der Waals surface area (Å²) in [5.41, 5.74) is 2.66. The summed E-state index contributed by atoms with van der Waals surface area (Å²) < 4.78 is 5.32. The summed E-state index contributed by atoms with van der Waals surface area (Å²) in [6.45, 7) is 4.59. The molecule has 3 fully saturated rings. The zero-order valence-corrected chi connectivity index (χ0v) is 13.1. The van der Waals surface area contributed by atoms with Crippen LogP contribution in [0.5, 0.6) is 0 Å². The van der Waals surface area contributed by atoms with Crippen molar-refractivity contribution in [2.75, 3.05) is 11.9 Å². The third kappa shape index (κ3) is 2.56. The van der Waals surface area contributed by atoms with Crippen molar-refractivity contribution in [1.29, 1.82) is 0 Å². The van der Waals surface area contributed by atoms with E-state index >= 15 is 0 Å². The van der Waals surface area contributed by atoms with Crippen LogP contribution < -0.4 is 5.32 Å². The van der Waals surface area contributed by atoms with Crippen molar-refractivity contribution >= 4 is 17.6 Å². The van der Waals surface area contributed by atoms with E-state index in [2.05, 4.69) is 11.9 Å². The molecule has 1 heterocycles. The van der Waals surface area contributed by atoms with Gasteiger partial charge in [0.05, 0.1) is 12.0 Å². The lowest BCUT2D eigenvalue weighted by molar-refractivity contribution is -0.146. The standard InChI is InChI=1S/C19H21NO3/c1-12-8-15-11-23-18(22)19(15,9-12)10-13-2-6-16(7-3-13)20-17(21)14-4-5-14/h2-3,6-7,14-15H,1,4-5,8-11H2,(H,20,21). The molecule has 1 amide bonds. The molecule has 2 aliphatic carbocycles. The molecule has 0 bridgehead atoms. The smallest absolute Gasteiger partial charge is 0.313 e. The predicted octanol–water partition coefficient (Wildman–Crippen LogP) is 3.09. The fourth-order valence-electron chi connectivity index (χ4n) is 3.92. The number of carbonyl (C=O) groups is 2. The molecular formula is C19H21NO3. The Kier molecular flexibility index (Phi) is 3.29. The number of esters is 1. The molecule has 0 spiro atoms. The van der Waals surface area contributed by atoms with Gasteiger partial charge in [-0.05, 0) is 49.8 Å². The number of rotatable bonds is 4. The lowest BCUT2D eigenvalue weighted by atomic mass is 9.75. The van der Waals surface area contributed by atoms with Crippen molar-refractivity contribution in [2.24, 2.45) is 17.3 Å². The first-order valence-corrected chi connectivity index (χ1v) is 8.30. The van der Waals surface area contributed by atoms with Gasteiger partial charge in [0.25, 0.3) is 0 Å². The van der Waals surface area contributed by atoms with E-state index in [4.69, 9.17) is 4.74 Å². The molecule has 1 aromatic carbocycles. The molecule has 2 saturated carbocycles. The molecule has 23 heavy (non-hydrogen) atoms. The number of anilines is 1. The molecule has 1 N–H and O–H groups in total. The van der Waals surface area contributed by atoms with Gasteiger partial charge < -0.3 is 10.1 Å². The summed E-state index contributed by atoms with van der Waals surface area (Å²) >= 11 is 0. The van der Waals surface area contributed by atoms with Gasteiger partial charge in [0.1, 0.15) is 0 Å². The Morgan fingerprint density at radius 3 is 2.74 bits per heavy atom. The van der Waals surface area contributed by atoms with Crippen LogP contribution in [0.4, 0.5) is 5.69 Å². The van der Waals surface area contributed by atoms with E-state index in [1.165, 1.54) is 0 Å². The van der Waals surface area contributed by atoms with Crippen LogP contribution in [0.3, 0.4) is 0 Å². The normalized spacial score (nSPS) is 29.3. The molecule has 4 rings (SSSR count). The number of ether oxygens (including phenoxy) is 1. The summed E-state index contributed by atoms with van der Waals surface area (Å²) in [7, 11) is 0. The Bertz CT molecular complexity index is 674. The monoisotopic (exact) mass is 311 g/mol. The zero-order valence-electron chi connectivity index (χ0n) is 13.1. The number of benzene rings is 1. The minimum absolute atomic E-state index is 0.0766. The summed E-state index contributed by atoms with van der Waals surface area (Å²) in [5, 5.41) is 2.94. The average molecular weight is 311 g/mol. The first kappa shape index (κ1) is 14.5. The van der Waals surface area contributed by atoms with Crippen LogP contribution in [0, 0.1) is 17.3 Å². The van der Waals surface area contributed by atoms with E-state index in [1.807, 2.05) is 24.3 Å². The molecule has 2 unspecified atom stereocenters. The van der Waals surface area contributed by atoms with Gasteiger partial charge in [-0.25, -0.2) is 0 Å². The number of hydrogen-bond donors (Lipinski definition) is 1. The number of nitrogens with one attached hydrogen (secondary N) is 1. The second kappa shape index (κ2) is 5.22. The Hall–Kier alpha value is -2.10. The van der Waals surface area contributed by atoms with E-state index in [9.17, 15) is 9.59 Å². The quantitative estimate of drug-likeness (QED) is 0.687. The van der Waals surface area contributed by atoms with Gasteiger partial charge in [0.2, 0.25) is 5.91 Å². The Labute approximate surface area is 135 Å². The summed E-state index contributed by atoms with van der Waals surface area (Å²) in [5.74, 6) is 0.499. The minimum Gasteiger partial charge on any atom is -0.465 e. The average Bonchev–Trinajstić information content (AvgIpc) is 3.27. The lowest BCUT2D eigenvalue weighted by Crippen LogP contribution is -2.31. The largest absolute Gasteiger partial charge is 0.465 e. The molecule has 120 valence electrons. The third-order valence-corrected chi connectivity index (χ3v) is 5.39. The fraction of sp³-hybridized carbons (Fsp3) is 0.474. The topological polar surface area (TPSA) is 55.4 Å². The molecule has 0 aromatic heterocycles. The number of allylic oxidation sites excluding steroid dienone is 1. The van der Waals surface area contributed by atoms with Crippen molar-refractivity contribution in [3.05, 3.63) is 42.0 Å². The van der Waals surface area contributed by atoms with E-state index < -0.39 is 5.41 Å². The molecule has 3 aliphatic rings. The van der Waals surface area contributed by atoms with Crippen molar-refractivity contribution in [1.82, 2.24) is 0 Å². The zero-order chi connectivity index (χ0) is 16.0. The van der Waals surface area contributed by atoms with Gasteiger partial charge in [-0.1, -0.05) is 24.3 Å². The Balaban J connectivity index is 1.49. The first-order chi connectivity index (χ1) is 11.1. The van der Waals surface area contributed by atoms with Crippen molar-refractivity contribution < 1.29 is 14.3 Å². The van der Waals surface area contributed by atoms with Crippen LogP contribution in [-0.4, -0.2) is 18.5 Å². The molecule has 4 heteroatoms. The summed E-state index contributed by atoms with van der Waals surface area (Å²) in [6, 6.07) is 7.85. The summed E-state index contributed by atoms with van der Waals surface area (Å²) in [4.78, 5) is 24.1. The third-order valence-electron chi connectivity index (χ3n) is 5.39. The Morgan fingerprint density at radius 2 is 2.04 bits per heavy atom. The van der Waals surface area contributed by atoms with Crippen LogP contribution in [-0.2, 0) is 20.7 Å². The first-order valence-electron chi connectivity index (χ1n) is 8.30. The van der Waals surface area contributed by atoms with E-state index in [-0.39, 0.29) is 23.7 Å². The van der Waals surface area contributed by atoms with Gasteiger partial charge in [-0.3, -0.25) is 9.59 Å². The van der Waals surface area contributed by atoms with Gasteiger partial charge in [-0.15, -0.1) is 0 Å². The number of cyclic esters (lactones) is 1. The molecule has 1 aliphatic heterocycles. The maximum atomic E-state index is 12.3. The molecule has 1 aromatic rings. The second-order valence-electron chi connectivity index (χ2n) is 7.22. The van der Waals surface area contributed by atoms with Gasteiger partial charge in [0, 0.05) is 17.5 Å². The van der Waals surface area contributed by atoms with Crippen LogP contribution in [0.25, 0.3) is 0 Å². The maximum Gasteiger partial charge on any atom is 0.313 e. The van der Waals surface area contributed by atoms with Crippen molar-refractivity contribution in [3.63, 3.8) is 0 Å². The molecule has 4 nitrogen and oxygen atoms in total. The summed E-state index contributed by atoms with van der Waals surface area (Å²) in [6.07, 6.45) is 4.31. The van der Waals surface area contributed by atoms with Gasteiger partial charge in [0.15, 0.2) is 0 Å². The van der Waals surface area contributed by atoms with E-state index in [0.717, 1.165) is 42.5 Å². The van der Waals surface area contributed by atoms with Crippen molar-refractivity contribution in [2.45, 2.75) is 32.1 Å². The van der Waals surface area contributed by atoms with Gasteiger partial charge >= 0.3 is 5.97 Å². The minimum atomic E-state index is -0.421. The number of hydrogen-bond acceptors (Lipinski definition) is 3. The molecule has 0 radical (unpaired) electrons. The van der Waals surface area contributed by atoms with E-state index in [1.54, 1.807) is 0 Å². The molecule has 1 saturated heterocycles. The molecule has 2 atom stereocenters. The van der Waals surface area contributed by atoms with Gasteiger partial charge in [-0.2, -0.15) is 0 Å². The number of amides is 1. The second-order valence-corrected chi connectivity index (χ2v) is 7.22. The Morgan fingerprint density at radius 1 is 1.30 bits per heavy atom. The molecular weight excluding hydrogens is 290 g/mol. The highest BCUT2D eigenvalue weighted by atomic mass is 16.5. The van der Waals surface area contributed by atoms with Crippen LogP contribution in [0.2, 0.25) is 0 Å². The lowest BCUT2D eigenvalue weighted by Gasteiger charge is -2.24. The van der Waals surface area contributed by atoms with E-state index in [0.29, 0.717) is 13.0 Å². The van der Waals surface area contributed by atoms with Crippen LogP contribution in [0.1, 0.15) is 31.2 Å². The highest BCUT2D eigenvalue weighted by molar-refractivity contribution is 5.94. The highest BCUT2D eigenvalue weighted by Crippen LogP contribution is 2.52. The highest BCUT2D eigenvalue weighted by Gasteiger charge is 2.55. The predicted molar refractivity (Wildman–Crippen MR) is 86.8 cm³/mol. The van der Waals surface area contributed by atoms with Crippen molar-refractivity contribution in [3.8, 4) is 0 Å². The maximum absolute atomic E-state index is 12.3. The van der Waals surface area contributed by atoms with Crippen LogP contribution >= 0.6 is 0 Å². The number of carbonyl (C=O) groups excluding carboxylic acids is 2. The fourth-order valence-corrected chi connectivity index (χ4v) is 3.92. The SMILES string of the molecule is C=C1CC2COC(=O)C2(Cc2ccc(NC(=O)C3CC3)cc2)C1. The van der Waals surface area contributed by atoms with Crippen LogP contribution in [0.15, 0.2) is 36.4 Å².